The molecule has 110 valence electrons. The molecule has 0 aromatic rings. The molecule has 0 aromatic carbocycles. The number of carbonyl (C=O) groups is 2. The van der Waals surface area contributed by atoms with E-state index in [0.29, 0.717) is 18.9 Å². The van der Waals surface area contributed by atoms with Crippen LogP contribution in [0.4, 0.5) is 4.79 Å². The van der Waals surface area contributed by atoms with Crippen molar-refractivity contribution in [2.45, 2.75) is 58.9 Å². The van der Waals surface area contributed by atoms with Crippen molar-refractivity contribution in [3.8, 4) is 0 Å². The maximum absolute atomic E-state index is 11.6. The van der Waals surface area contributed by atoms with Gasteiger partial charge in [-0.05, 0) is 43.9 Å². The summed E-state index contributed by atoms with van der Waals surface area (Å²) >= 11 is 0. The monoisotopic (exact) mass is 270 g/mol. The molecule has 19 heavy (non-hydrogen) atoms. The molecule has 1 fully saturated rings. The van der Waals surface area contributed by atoms with Crippen molar-refractivity contribution in [2.24, 2.45) is 11.3 Å². The van der Waals surface area contributed by atoms with Crippen molar-refractivity contribution in [3.63, 3.8) is 0 Å². The van der Waals surface area contributed by atoms with Gasteiger partial charge in [0.15, 0.2) is 0 Å². The van der Waals surface area contributed by atoms with Gasteiger partial charge in [0, 0.05) is 19.0 Å². The summed E-state index contributed by atoms with van der Waals surface area (Å²) in [7, 11) is 0. The van der Waals surface area contributed by atoms with Crippen LogP contribution in [0, 0.1) is 11.3 Å². The molecule has 0 aliphatic heterocycles. The molecular weight excluding hydrogens is 244 g/mol. The molecule has 0 aromatic heterocycles. The average molecular weight is 270 g/mol. The van der Waals surface area contributed by atoms with Gasteiger partial charge in [0.05, 0.1) is 0 Å². The number of carboxylic acids is 1. The maximum atomic E-state index is 11.6. The second-order valence-electron chi connectivity index (χ2n) is 6.33. The van der Waals surface area contributed by atoms with Crippen LogP contribution in [-0.4, -0.2) is 29.7 Å². The Morgan fingerprint density at radius 2 is 1.95 bits per heavy atom. The third kappa shape index (κ3) is 7.03. The summed E-state index contributed by atoms with van der Waals surface area (Å²) < 4.78 is 0. The number of nitrogens with one attached hydrogen (secondary N) is 2. The average Bonchev–Trinajstić information content (AvgIpc) is 3.09. The zero-order valence-corrected chi connectivity index (χ0v) is 12.2. The van der Waals surface area contributed by atoms with E-state index >= 15 is 0 Å². The van der Waals surface area contributed by atoms with E-state index in [9.17, 15) is 9.59 Å². The van der Waals surface area contributed by atoms with E-state index in [0.717, 1.165) is 6.42 Å². The predicted molar refractivity (Wildman–Crippen MR) is 74.0 cm³/mol. The van der Waals surface area contributed by atoms with Crippen LogP contribution >= 0.6 is 0 Å². The highest BCUT2D eigenvalue weighted by Gasteiger charge is 2.28. The SMILES string of the molecule is CC(NC(=O)NCCC(C)(C)CCC(=O)O)C1CC1. The fourth-order valence-electron chi connectivity index (χ4n) is 2.06. The quantitative estimate of drug-likeness (QED) is 0.633. The van der Waals surface area contributed by atoms with Gasteiger partial charge in [-0.3, -0.25) is 4.79 Å². The van der Waals surface area contributed by atoms with Crippen molar-refractivity contribution in [3.05, 3.63) is 0 Å². The van der Waals surface area contributed by atoms with Gasteiger partial charge < -0.3 is 15.7 Å². The Labute approximate surface area is 115 Å². The highest BCUT2D eigenvalue weighted by molar-refractivity contribution is 5.74. The number of urea groups is 1. The minimum atomic E-state index is -0.767. The highest BCUT2D eigenvalue weighted by Crippen LogP contribution is 2.32. The predicted octanol–water partition coefficient (Wildman–Crippen LogP) is 2.37. The lowest BCUT2D eigenvalue weighted by atomic mass is 9.84. The number of hydrogen-bond acceptors (Lipinski definition) is 2. The molecule has 0 bridgehead atoms. The summed E-state index contributed by atoms with van der Waals surface area (Å²) in [5, 5.41) is 14.4. The lowest BCUT2D eigenvalue weighted by Crippen LogP contribution is -2.42. The molecule has 2 amide bonds. The summed E-state index contributed by atoms with van der Waals surface area (Å²) in [6.07, 6.45) is 4.01. The highest BCUT2D eigenvalue weighted by atomic mass is 16.4. The zero-order chi connectivity index (χ0) is 14.5. The first-order valence-corrected chi connectivity index (χ1v) is 7.06. The fraction of sp³-hybridized carbons (Fsp3) is 0.857. The van der Waals surface area contributed by atoms with Crippen molar-refractivity contribution in [1.82, 2.24) is 10.6 Å². The molecule has 0 heterocycles. The number of hydrogen-bond donors (Lipinski definition) is 3. The van der Waals surface area contributed by atoms with Crippen molar-refractivity contribution in [1.29, 1.82) is 0 Å². The molecule has 1 saturated carbocycles. The lowest BCUT2D eigenvalue weighted by Gasteiger charge is -2.24. The fourth-order valence-corrected chi connectivity index (χ4v) is 2.06. The van der Waals surface area contributed by atoms with E-state index in [1.807, 2.05) is 20.8 Å². The molecule has 0 spiro atoms. The molecule has 0 saturated heterocycles. The minimum Gasteiger partial charge on any atom is -0.481 e. The van der Waals surface area contributed by atoms with Crippen LogP contribution in [0.2, 0.25) is 0 Å². The van der Waals surface area contributed by atoms with Crippen LogP contribution < -0.4 is 10.6 Å². The van der Waals surface area contributed by atoms with Gasteiger partial charge in [-0.25, -0.2) is 4.79 Å². The summed E-state index contributed by atoms with van der Waals surface area (Å²) in [5.74, 6) is -0.116. The molecule has 1 atom stereocenters. The standard InChI is InChI=1S/C14H26N2O3/c1-10(11-4-5-11)16-13(19)15-9-8-14(2,3)7-6-12(17)18/h10-11H,4-9H2,1-3H3,(H,17,18)(H2,15,16,19). The summed E-state index contributed by atoms with van der Waals surface area (Å²) in [4.78, 5) is 22.2. The lowest BCUT2D eigenvalue weighted by molar-refractivity contribution is -0.137. The molecule has 1 aliphatic carbocycles. The van der Waals surface area contributed by atoms with E-state index in [4.69, 9.17) is 5.11 Å². The maximum Gasteiger partial charge on any atom is 0.315 e. The second-order valence-corrected chi connectivity index (χ2v) is 6.33. The zero-order valence-electron chi connectivity index (χ0n) is 12.2. The Bertz CT molecular complexity index is 325. The number of rotatable bonds is 8. The molecule has 0 radical (unpaired) electrons. The van der Waals surface area contributed by atoms with Gasteiger partial charge in [0.25, 0.3) is 0 Å². The van der Waals surface area contributed by atoms with Crippen molar-refractivity contribution in [2.75, 3.05) is 6.54 Å². The minimum absolute atomic E-state index is 0.0617. The second kappa shape index (κ2) is 6.78. The van der Waals surface area contributed by atoms with Gasteiger partial charge in [0.1, 0.15) is 0 Å². The Balaban J connectivity index is 2.13. The van der Waals surface area contributed by atoms with Gasteiger partial charge in [-0.15, -0.1) is 0 Å². The summed E-state index contributed by atoms with van der Waals surface area (Å²) in [6.45, 7) is 6.68. The smallest absolute Gasteiger partial charge is 0.315 e. The Morgan fingerprint density at radius 1 is 1.32 bits per heavy atom. The molecule has 5 heteroatoms. The third-order valence-corrected chi connectivity index (χ3v) is 3.79. The Kier molecular flexibility index (Phi) is 5.63. The third-order valence-electron chi connectivity index (χ3n) is 3.79. The Morgan fingerprint density at radius 3 is 2.47 bits per heavy atom. The normalized spacial score (nSPS) is 16.8. The van der Waals surface area contributed by atoms with Crippen molar-refractivity contribution >= 4 is 12.0 Å². The van der Waals surface area contributed by atoms with Crippen molar-refractivity contribution < 1.29 is 14.7 Å². The van der Waals surface area contributed by atoms with Crippen LogP contribution in [0.15, 0.2) is 0 Å². The molecule has 1 unspecified atom stereocenters. The summed E-state index contributed by atoms with van der Waals surface area (Å²) in [6, 6.07) is 0.133. The molecule has 3 N–H and O–H groups in total. The number of carboxylic acid groups (broad SMARTS) is 1. The van der Waals surface area contributed by atoms with Gasteiger partial charge in [-0.2, -0.15) is 0 Å². The van der Waals surface area contributed by atoms with Gasteiger partial charge in [0.2, 0.25) is 0 Å². The van der Waals surface area contributed by atoms with E-state index in [1.54, 1.807) is 0 Å². The van der Waals surface area contributed by atoms with Gasteiger partial charge in [-0.1, -0.05) is 13.8 Å². The molecule has 5 nitrogen and oxygen atoms in total. The van der Waals surface area contributed by atoms with E-state index < -0.39 is 5.97 Å². The van der Waals surface area contributed by atoms with Gasteiger partial charge >= 0.3 is 12.0 Å². The van der Waals surface area contributed by atoms with E-state index in [1.165, 1.54) is 12.8 Å². The van der Waals surface area contributed by atoms with E-state index in [2.05, 4.69) is 10.6 Å². The number of carbonyl (C=O) groups excluding carboxylic acids is 1. The first kappa shape index (κ1) is 15.8. The topological polar surface area (TPSA) is 78.4 Å². The van der Waals surface area contributed by atoms with Crippen LogP contribution in [0.1, 0.15) is 52.9 Å². The van der Waals surface area contributed by atoms with Crippen LogP contribution in [-0.2, 0) is 4.79 Å². The number of aliphatic carboxylic acids is 1. The summed E-state index contributed by atoms with van der Waals surface area (Å²) in [5.41, 5.74) is -0.0617. The molecule has 1 aliphatic rings. The Hall–Kier alpha value is -1.26. The van der Waals surface area contributed by atoms with Crippen LogP contribution in [0.5, 0.6) is 0 Å². The number of amides is 2. The first-order valence-electron chi connectivity index (χ1n) is 7.06. The van der Waals surface area contributed by atoms with Crippen LogP contribution in [0.25, 0.3) is 0 Å². The largest absolute Gasteiger partial charge is 0.481 e. The first-order chi connectivity index (χ1) is 8.80. The molecular formula is C14H26N2O3. The molecule has 1 rings (SSSR count). The van der Waals surface area contributed by atoms with Crippen LogP contribution in [0.3, 0.4) is 0 Å². The van der Waals surface area contributed by atoms with E-state index in [-0.39, 0.29) is 23.9 Å².